The van der Waals surface area contributed by atoms with Crippen LogP contribution in [-0.4, -0.2) is 24.1 Å². The molecule has 3 aromatic heterocycles. The summed E-state index contributed by atoms with van der Waals surface area (Å²) in [6.07, 6.45) is 10.5. The minimum absolute atomic E-state index is 0.633. The van der Waals surface area contributed by atoms with Gasteiger partial charge in [0.25, 0.3) is 0 Å². The molecule has 0 spiro atoms. The van der Waals surface area contributed by atoms with E-state index in [1.165, 1.54) is 49.2 Å². The van der Waals surface area contributed by atoms with E-state index in [1.807, 2.05) is 60.7 Å². The first-order chi connectivity index (χ1) is 33.7. The lowest BCUT2D eigenvalue weighted by atomic mass is 9.93. The molecule has 0 N–H and O–H groups in total. The molecule has 8 aromatic carbocycles. The highest BCUT2D eigenvalue weighted by atomic mass is 15.0. The zero-order valence-corrected chi connectivity index (χ0v) is 37.0. The number of allylic oxidation sites excluding steroid dienone is 8. The van der Waals surface area contributed by atoms with Crippen LogP contribution in [0.5, 0.6) is 0 Å². The van der Waals surface area contributed by atoms with Crippen molar-refractivity contribution in [3.05, 3.63) is 247 Å². The van der Waals surface area contributed by atoms with E-state index in [9.17, 15) is 0 Å². The summed E-state index contributed by atoms with van der Waals surface area (Å²) in [7, 11) is 0. The molecule has 0 radical (unpaired) electrons. The largest absolute Gasteiger partial charge is 0.309 e. The van der Waals surface area contributed by atoms with Crippen molar-refractivity contribution in [3.63, 3.8) is 0 Å². The van der Waals surface area contributed by atoms with E-state index < -0.39 is 0 Å². The molecular weight excluding hydrogens is 827 g/mol. The van der Waals surface area contributed by atoms with Crippen LogP contribution in [0.2, 0.25) is 0 Å². The first-order valence-electron chi connectivity index (χ1n) is 23.1. The molecule has 0 bridgehead atoms. The summed E-state index contributed by atoms with van der Waals surface area (Å²) in [6, 6.07) is 70.8. The monoisotopic (exact) mass is 867 g/mol. The summed E-state index contributed by atoms with van der Waals surface area (Å²) in [5, 5.41) is 4.91. The zero-order valence-electron chi connectivity index (χ0n) is 37.0. The van der Waals surface area contributed by atoms with Gasteiger partial charge in [0.15, 0.2) is 17.5 Å². The highest BCUT2D eigenvalue weighted by Crippen LogP contribution is 2.42. The summed E-state index contributed by atoms with van der Waals surface area (Å²) in [5.41, 5.74) is 16.6. The van der Waals surface area contributed by atoms with E-state index in [0.29, 0.717) is 23.9 Å². The third-order valence-electron chi connectivity index (χ3n) is 13.3. The molecule has 318 valence electrons. The van der Waals surface area contributed by atoms with Gasteiger partial charge in [-0.1, -0.05) is 170 Å². The Kier molecular flexibility index (Phi) is 9.47. The van der Waals surface area contributed by atoms with E-state index >= 15 is 0 Å². The first kappa shape index (κ1) is 39.3. The molecule has 3 heterocycles. The van der Waals surface area contributed by atoms with Crippen molar-refractivity contribution in [2.75, 3.05) is 0 Å². The minimum atomic E-state index is 0.633. The number of fused-ring (bicyclic) bond motifs is 6. The Balaban J connectivity index is 0.924. The van der Waals surface area contributed by atoms with Gasteiger partial charge >= 0.3 is 0 Å². The SMILES string of the molecule is C1#CC(C2=C(c3cccc(-c4nc(-c5ccccc5)nc(-c5ccccc5)n4)c3)C=CC2)=CC(c2ccc3c(c2)c2cc4c5ccccc5n(-c5ccccc5)c4cc2n3-c2ccccc2)=CC1. The third-order valence-corrected chi connectivity index (χ3v) is 13.3. The molecule has 0 amide bonds. The lowest BCUT2D eigenvalue weighted by Gasteiger charge is -2.12. The molecule has 2 aliphatic rings. The van der Waals surface area contributed by atoms with Crippen LogP contribution < -0.4 is 0 Å². The standard InChI is InChI=1S/C63H41N5/c1-5-19-42(20-6-1)61-64-62(43-21-7-2-8-22-43)66-63(65-61)48-26-17-25-47(38-48)52-33-18-32-51(52)46-24-14-13-23-44(37-46)45-35-36-58-54(39-45)56-40-55-53-31-15-16-34-57(53)67(49-27-9-3-10-28-49)59(55)41-60(56)68(58)50-29-11-4-12-30-50/h1-12,15-23,25-31,33-41H,13,32H2. The van der Waals surface area contributed by atoms with Crippen molar-refractivity contribution in [2.45, 2.75) is 12.8 Å². The van der Waals surface area contributed by atoms with Gasteiger partial charge in [-0.15, -0.1) is 0 Å². The Morgan fingerprint density at radius 3 is 1.63 bits per heavy atom. The average molecular weight is 868 g/mol. The molecule has 13 rings (SSSR count). The third kappa shape index (κ3) is 6.78. The molecule has 0 saturated carbocycles. The van der Waals surface area contributed by atoms with Crippen molar-refractivity contribution >= 4 is 54.8 Å². The van der Waals surface area contributed by atoms with Crippen molar-refractivity contribution in [1.29, 1.82) is 0 Å². The van der Waals surface area contributed by atoms with Crippen LogP contribution in [0.15, 0.2) is 236 Å². The van der Waals surface area contributed by atoms with Crippen LogP contribution in [0, 0.1) is 11.8 Å². The van der Waals surface area contributed by atoms with Crippen LogP contribution in [0.1, 0.15) is 24.0 Å². The lowest BCUT2D eigenvalue weighted by Crippen LogP contribution is -2.00. The second-order valence-corrected chi connectivity index (χ2v) is 17.3. The molecule has 11 aromatic rings. The lowest BCUT2D eigenvalue weighted by molar-refractivity contribution is 1.07. The van der Waals surface area contributed by atoms with Gasteiger partial charge in [-0.25, -0.2) is 15.0 Å². The van der Waals surface area contributed by atoms with Crippen LogP contribution >= 0.6 is 0 Å². The van der Waals surface area contributed by atoms with E-state index in [1.54, 1.807) is 0 Å². The summed E-state index contributed by atoms with van der Waals surface area (Å²) in [4.78, 5) is 15.0. The van der Waals surface area contributed by atoms with Gasteiger partial charge < -0.3 is 9.13 Å². The molecule has 0 aliphatic heterocycles. The molecule has 5 heteroatoms. The number of hydrogen-bond donors (Lipinski definition) is 0. The fourth-order valence-electron chi connectivity index (χ4n) is 10.1. The van der Waals surface area contributed by atoms with Crippen LogP contribution in [0.4, 0.5) is 0 Å². The zero-order chi connectivity index (χ0) is 45.0. The molecule has 68 heavy (non-hydrogen) atoms. The van der Waals surface area contributed by atoms with E-state index in [4.69, 9.17) is 15.0 Å². The Hall–Kier alpha value is -9.11. The predicted octanol–water partition coefficient (Wildman–Crippen LogP) is 15.2. The summed E-state index contributed by atoms with van der Waals surface area (Å²) in [5.74, 6) is 8.99. The number of hydrogen-bond acceptors (Lipinski definition) is 3. The molecular formula is C63H41N5. The number of benzene rings is 8. The van der Waals surface area contributed by atoms with Crippen molar-refractivity contribution in [3.8, 4) is 57.4 Å². The molecule has 2 aliphatic carbocycles. The smallest absolute Gasteiger partial charge is 0.164 e. The number of nitrogens with zero attached hydrogens (tertiary/aromatic N) is 5. The highest BCUT2D eigenvalue weighted by molar-refractivity contribution is 6.19. The second-order valence-electron chi connectivity index (χ2n) is 17.3. The average Bonchev–Trinajstić information content (AvgIpc) is 4.05. The van der Waals surface area contributed by atoms with Gasteiger partial charge in [0, 0.05) is 61.6 Å². The molecule has 5 nitrogen and oxygen atoms in total. The van der Waals surface area contributed by atoms with Gasteiger partial charge in [-0.3, -0.25) is 0 Å². The number of rotatable bonds is 8. The van der Waals surface area contributed by atoms with Gasteiger partial charge in [0.1, 0.15) is 0 Å². The quantitative estimate of drug-likeness (QED) is 0.143. The molecule has 0 atom stereocenters. The minimum Gasteiger partial charge on any atom is -0.309 e. The second kappa shape index (κ2) is 16.4. The van der Waals surface area contributed by atoms with E-state index in [-0.39, 0.29) is 0 Å². The molecule has 0 unspecified atom stereocenters. The Morgan fingerprint density at radius 2 is 0.956 bits per heavy atom. The summed E-state index contributed by atoms with van der Waals surface area (Å²) >= 11 is 0. The Morgan fingerprint density at radius 1 is 0.412 bits per heavy atom. The maximum absolute atomic E-state index is 5.03. The van der Waals surface area contributed by atoms with Crippen molar-refractivity contribution in [1.82, 2.24) is 24.1 Å². The van der Waals surface area contributed by atoms with Crippen molar-refractivity contribution in [2.24, 2.45) is 0 Å². The van der Waals surface area contributed by atoms with E-state index in [2.05, 4.69) is 185 Å². The maximum atomic E-state index is 5.03. The van der Waals surface area contributed by atoms with Crippen LogP contribution in [0.3, 0.4) is 0 Å². The maximum Gasteiger partial charge on any atom is 0.164 e. The summed E-state index contributed by atoms with van der Waals surface area (Å²) < 4.78 is 4.82. The highest BCUT2D eigenvalue weighted by Gasteiger charge is 2.21. The number of aromatic nitrogens is 5. The van der Waals surface area contributed by atoms with Crippen LogP contribution in [-0.2, 0) is 0 Å². The van der Waals surface area contributed by atoms with Crippen molar-refractivity contribution < 1.29 is 0 Å². The van der Waals surface area contributed by atoms with Gasteiger partial charge in [0.2, 0.25) is 0 Å². The normalized spacial score (nSPS) is 13.5. The van der Waals surface area contributed by atoms with Gasteiger partial charge in [-0.05, 0) is 101 Å². The fraction of sp³-hybridized carbons (Fsp3) is 0.0317. The van der Waals surface area contributed by atoms with Gasteiger partial charge in [0.05, 0.1) is 22.1 Å². The topological polar surface area (TPSA) is 48.5 Å². The fourth-order valence-corrected chi connectivity index (χ4v) is 10.1. The Labute approximate surface area is 394 Å². The van der Waals surface area contributed by atoms with Gasteiger partial charge in [-0.2, -0.15) is 0 Å². The summed E-state index contributed by atoms with van der Waals surface area (Å²) in [6.45, 7) is 0. The van der Waals surface area contributed by atoms with E-state index in [0.717, 1.165) is 62.3 Å². The number of para-hydroxylation sites is 3. The first-order valence-corrected chi connectivity index (χ1v) is 23.1. The predicted molar refractivity (Wildman–Crippen MR) is 280 cm³/mol. The Bertz CT molecular complexity index is 3930. The molecule has 0 saturated heterocycles. The van der Waals surface area contributed by atoms with Crippen LogP contribution in [0.25, 0.3) is 100 Å². The molecule has 0 fully saturated rings.